The van der Waals surface area contributed by atoms with Gasteiger partial charge < -0.3 is 4.90 Å². The SMILES string of the molecule is Cc1ccccc1N1C(=O)NC(=O)/C(=C\c2ccc3c(c2)C(C)CC(C)(C)N3C(C)C)C1=O. The quantitative estimate of drug-likeness (QED) is 0.523. The Labute approximate surface area is 195 Å². The molecule has 1 saturated heterocycles. The standard InChI is InChI=1S/C27H31N3O3/c1-16(2)30-23-12-11-19(13-20(23)18(4)15-27(30,5)6)14-21-24(31)28-26(33)29(25(21)32)22-10-8-7-9-17(22)3/h7-14,16,18H,15H2,1-6H3,(H,28,31,33)/b21-14+. The topological polar surface area (TPSA) is 69.7 Å². The number of aryl methyl sites for hydroxylation is 1. The molecule has 33 heavy (non-hydrogen) atoms. The monoisotopic (exact) mass is 445 g/mol. The molecule has 4 rings (SSSR count). The summed E-state index contributed by atoms with van der Waals surface area (Å²) in [4.78, 5) is 41.8. The molecule has 1 fully saturated rings. The minimum absolute atomic E-state index is 0.0359. The predicted molar refractivity (Wildman–Crippen MR) is 131 cm³/mol. The van der Waals surface area contributed by atoms with E-state index in [-0.39, 0.29) is 11.1 Å². The van der Waals surface area contributed by atoms with E-state index in [1.807, 2.05) is 25.1 Å². The molecule has 0 radical (unpaired) electrons. The highest BCUT2D eigenvalue weighted by Crippen LogP contribution is 2.44. The third kappa shape index (κ3) is 3.94. The average Bonchev–Trinajstić information content (AvgIpc) is 2.71. The normalized spacial score (nSPS) is 21.5. The molecular formula is C27H31N3O3. The predicted octanol–water partition coefficient (Wildman–Crippen LogP) is 5.16. The Morgan fingerprint density at radius 3 is 2.42 bits per heavy atom. The summed E-state index contributed by atoms with van der Waals surface area (Å²) in [6.07, 6.45) is 2.59. The van der Waals surface area contributed by atoms with E-state index in [0.717, 1.165) is 22.4 Å². The summed E-state index contributed by atoms with van der Waals surface area (Å²) in [7, 11) is 0. The van der Waals surface area contributed by atoms with Crippen LogP contribution in [-0.4, -0.2) is 29.4 Å². The third-order valence-corrected chi connectivity index (χ3v) is 6.59. The fourth-order valence-corrected chi connectivity index (χ4v) is 5.39. The molecule has 1 unspecified atom stereocenters. The second-order valence-corrected chi connectivity index (χ2v) is 9.94. The zero-order chi connectivity index (χ0) is 24.1. The Bertz CT molecular complexity index is 1180. The van der Waals surface area contributed by atoms with Crippen LogP contribution in [0.5, 0.6) is 0 Å². The van der Waals surface area contributed by atoms with Crippen molar-refractivity contribution in [3.63, 3.8) is 0 Å². The molecular weight excluding hydrogens is 414 g/mol. The van der Waals surface area contributed by atoms with Crippen molar-refractivity contribution < 1.29 is 14.4 Å². The molecule has 2 aromatic carbocycles. The molecule has 2 aromatic rings. The van der Waals surface area contributed by atoms with Gasteiger partial charge in [-0.25, -0.2) is 9.69 Å². The molecule has 0 aliphatic carbocycles. The number of carbonyl (C=O) groups is 3. The molecule has 1 atom stereocenters. The third-order valence-electron chi connectivity index (χ3n) is 6.59. The van der Waals surface area contributed by atoms with Gasteiger partial charge in [-0.3, -0.25) is 14.9 Å². The maximum atomic E-state index is 13.3. The number of amides is 4. The first kappa shape index (κ1) is 22.8. The molecule has 0 bridgehead atoms. The van der Waals surface area contributed by atoms with Gasteiger partial charge in [0.1, 0.15) is 5.57 Å². The van der Waals surface area contributed by atoms with Crippen molar-refractivity contribution in [1.29, 1.82) is 0 Å². The van der Waals surface area contributed by atoms with Crippen LogP contribution in [0, 0.1) is 6.92 Å². The van der Waals surface area contributed by atoms with Crippen molar-refractivity contribution in [3.05, 3.63) is 64.7 Å². The molecule has 0 saturated carbocycles. The number of urea groups is 1. The Balaban J connectivity index is 1.75. The van der Waals surface area contributed by atoms with Crippen molar-refractivity contribution in [1.82, 2.24) is 5.32 Å². The Kier molecular flexibility index (Phi) is 5.64. The number of rotatable bonds is 3. The van der Waals surface area contributed by atoms with Gasteiger partial charge in [0, 0.05) is 17.3 Å². The van der Waals surface area contributed by atoms with E-state index < -0.39 is 17.8 Å². The van der Waals surface area contributed by atoms with E-state index in [1.54, 1.807) is 18.2 Å². The Morgan fingerprint density at radius 2 is 1.76 bits per heavy atom. The fourth-order valence-electron chi connectivity index (χ4n) is 5.39. The van der Waals surface area contributed by atoms with Gasteiger partial charge in [-0.05, 0) is 87.9 Å². The number of imide groups is 2. The molecule has 6 nitrogen and oxygen atoms in total. The second kappa shape index (κ2) is 8.18. The molecule has 2 aliphatic heterocycles. The van der Waals surface area contributed by atoms with Crippen molar-refractivity contribution in [2.24, 2.45) is 0 Å². The van der Waals surface area contributed by atoms with Crippen molar-refractivity contribution in [2.75, 3.05) is 9.80 Å². The summed E-state index contributed by atoms with van der Waals surface area (Å²) in [6, 6.07) is 12.8. The summed E-state index contributed by atoms with van der Waals surface area (Å²) >= 11 is 0. The van der Waals surface area contributed by atoms with Gasteiger partial charge >= 0.3 is 6.03 Å². The molecule has 172 valence electrons. The van der Waals surface area contributed by atoms with Gasteiger partial charge in [0.05, 0.1) is 5.69 Å². The van der Waals surface area contributed by atoms with Crippen LogP contribution >= 0.6 is 0 Å². The number of nitrogens with zero attached hydrogens (tertiary/aromatic N) is 2. The molecule has 6 heteroatoms. The summed E-state index contributed by atoms with van der Waals surface area (Å²) in [5, 5.41) is 2.31. The fraction of sp³-hybridized carbons (Fsp3) is 0.370. The van der Waals surface area contributed by atoms with E-state index >= 15 is 0 Å². The van der Waals surface area contributed by atoms with E-state index in [2.05, 4.69) is 57.0 Å². The zero-order valence-electron chi connectivity index (χ0n) is 20.1. The van der Waals surface area contributed by atoms with Crippen LogP contribution in [0.15, 0.2) is 48.0 Å². The van der Waals surface area contributed by atoms with Gasteiger partial charge in [0.2, 0.25) is 0 Å². The maximum Gasteiger partial charge on any atom is 0.335 e. The van der Waals surface area contributed by atoms with Crippen molar-refractivity contribution in [3.8, 4) is 0 Å². The highest BCUT2D eigenvalue weighted by molar-refractivity contribution is 6.39. The molecule has 2 aliphatic rings. The molecule has 0 spiro atoms. The summed E-state index contributed by atoms with van der Waals surface area (Å²) in [5.41, 5.74) is 4.37. The molecule has 0 aromatic heterocycles. The average molecular weight is 446 g/mol. The van der Waals surface area contributed by atoms with Crippen molar-refractivity contribution in [2.45, 2.75) is 65.5 Å². The van der Waals surface area contributed by atoms with Crippen LogP contribution in [0.2, 0.25) is 0 Å². The van der Waals surface area contributed by atoms with Gasteiger partial charge in [-0.1, -0.05) is 31.2 Å². The van der Waals surface area contributed by atoms with Crippen LogP contribution in [0.1, 0.15) is 63.6 Å². The number of benzene rings is 2. The molecule has 2 heterocycles. The Hall–Kier alpha value is -3.41. The van der Waals surface area contributed by atoms with Crippen molar-refractivity contribution >= 4 is 35.3 Å². The first-order valence-electron chi connectivity index (χ1n) is 11.4. The van der Waals surface area contributed by atoms with E-state index in [1.165, 1.54) is 11.3 Å². The lowest BCUT2D eigenvalue weighted by molar-refractivity contribution is -0.122. The molecule has 1 N–H and O–H groups in total. The largest absolute Gasteiger partial charge is 0.364 e. The minimum atomic E-state index is -0.731. The minimum Gasteiger partial charge on any atom is -0.364 e. The van der Waals surface area contributed by atoms with Crippen LogP contribution in [0.4, 0.5) is 16.2 Å². The first-order valence-corrected chi connectivity index (χ1v) is 11.4. The van der Waals surface area contributed by atoms with Gasteiger partial charge in [-0.15, -0.1) is 0 Å². The van der Waals surface area contributed by atoms with Crippen LogP contribution in [-0.2, 0) is 9.59 Å². The zero-order valence-corrected chi connectivity index (χ0v) is 20.1. The number of nitrogens with one attached hydrogen (secondary N) is 1. The van der Waals surface area contributed by atoms with Gasteiger partial charge in [0.25, 0.3) is 11.8 Å². The smallest absolute Gasteiger partial charge is 0.335 e. The lowest BCUT2D eigenvalue weighted by Gasteiger charge is -2.50. The number of carbonyl (C=O) groups excluding carboxylic acids is 3. The van der Waals surface area contributed by atoms with E-state index in [0.29, 0.717) is 17.6 Å². The maximum absolute atomic E-state index is 13.3. The number of fused-ring (bicyclic) bond motifs is 1. The molecule has 4 amide bonds. The lowest BCUT2D eigenvalue weighted by atomic mass is 9.78. The number of para-hydroxylation sites is 1. The van der Waals surface area contributed by atoms with Gasteiger partial charge in [-0.2, -0.15) is 0 Å². The summed E-state index contributed by atoms with van der Waals surface area (Å²) < 4.78 is 0. The Morgan fingerprint density at radius 1 is 1.06 bits per heavy atom. The second-order valence-electron chi connectivity index (χ2n) is 9.94. The highest BCUT2D eigenvalue weighted by Gasteiger charge is 2.39. The number of barbiturate groups is 1. The number of anilines is 2. The van der Waals surface area contributed by atoms with E-state index in [9.17, 15) is 14.4 Å². The first-order chi connectivity index (χ1) is 15.5. The van der Waals surface area contributed by atoms with E-state index in [4.69, 9.17) is 0 Å². The summed E-state index contributed by atoms with van der Waals surface area (Å²) in [6.45, 7) is 13.0. The van der Waals surface area contributed by atoms with Crippen LogP contribution in [0.3, 0.4) is 0 Å². The van der Waals surface area contributed by atoms with Gasteiger partial charge in [0.15, 0.2) is 0 Å². The van der Waals surface area contributed by atoms with Crippen LogP contribution in [0.25, 0.3) is 6.08 Å². The van der Waals surface area contributed by atoms with Crippen LogP contribution < -0.4 is 15.1 Å². The number of hydrogen-bond donors (Lipinski definition) is 1. The summed E-state index contributed by atoms with van der Waals surface area (Å²) in [5.74, 6) is -0.955. The highest BCUT2D eigenvalue weighted by atomic mass is 16.2. The lowest BCUT2D eigenvalue weighted by Crippen LogP contribution is -2.54. The number of hydrogen-bond acceptors (Lipinski definition) is 4.